The second-order valence-electron chi connectivity index (χ2n) is 4.04. The maximum absolute atomic E-state index is 8.74. The van der Waals surface area contributed by atoms with Gasteiger partial charge in [-0.3, -0.25) is 0 Å². The Kier molecular flexibility index (Phi) is 3.11. The molecule has 0 aliphatic heterocycles. The van der Waals surface area contributed by atoms with Gasteiger partial charge in [-0.25, -0.2) is 0 Å². The summed E-state index contributed by atoms with van der Waals surface area (Å²) >= 11 is 0. The van der Waals surface area contributed by atoms with Crippen molar-refractivity contribution in [3.63, 3.8) is 0 Å². The van der Waals surface area contributed by atoms with Gasteiger partial charge in [0.1, 0.15) is 0 Å². The number of nitrogens with zero attached hydrogens (tertiary/aromatic N) is 1. The van der Waals surface area contributed by atoms with Crippen molar-refractivity contribution in [2.45, 2.75) is 25.3 Å². The Bertz CT molecular complexity index is 443. The Morgan fingerprint density at radius 3 is 2.88 bits per heavy atom. The minimum atomic E-state index is 0.459. The van der Waals surface area contributed by atoms with Crippen molar-refractivity contribution in [3.05, 3.63) is 35.9 Å². The molecule has 3 heteroatoms. The third kappa shape index (κ3) is 2.34. The summed E-state index contributed by atoms with van der Waals surface area (Å²) in [5, 5.41) is 12.2. The van der Waals surface area contributed by atoms with Crippen molar-refractivity contribution >= 4 is 11.4 Å². The minimum absolute atomic E-state index is 0.459. The molecular formula is C13H15N3. The molecule has 82 valence electrons. The molecular weight excluding hydrogens is 198 g/mol. The number of nitrogen functional groups attached to an aromatic ring is 1. The predicted molar refractivity (Wildman–Crippen MR) is 66.0 cm³/mol. The van der Waals surface area contributed by atoms with Crippen LogP contribution in [0.25, 0.3) is 0 Å². The molecule has 0 spiro atoms. The Labute approximate surface area is 95.6 Å². The molecule has 3 N–H and O–H groups in total. The minimum Gasteiger partial charge on any atom is -0.397 e. The molecule has 1 unspecified atom stereocenters. The summed E-state index contributed by atoms with van der Waals surface area (Å²) in [6, 6.07) is 7.92. The third-order valence-electron chi connectivity index (χ3n) is 2.81. The highest BCUT2D eigenvalue weighted by molar-refractivity contribution is 5.68. The van der Waals surface area contributed by atoms with Crippen molar-refractivity contribution in [2.24, 2.45) is 0 Å². The lowest BCUT2D eigenvalue weighted by Crippen LogP contribution is -2.20. The maximum Gasteiger partial charge on any atom is 0.0992 e. The first-order valence-corrected chi connectivity index (χ1v) is 5.51. The molecule has 1 aliphatic carbocycles. The zero-order chi connectivity index (χ0) is 11.4. The van der Waals surface area contributed by atoms with Gasteiger partial charge in [-0.15, -0.1) is 0 Å². The van der Waals surface area contributed by atoms with E-state index in [4.69, 9.17) is 11.0 Å². The Morgan fingerprint density at radius 1 is 1.38 bits per heavy atom. The van der Waals surface area contributed by atoms with Crippen molar-refractivity contribution in [1.29, 1.82) is 5.26 Å². The second-order valence-corrected chi connectivity index (χ2v) is 4.04. The van der Waals surface area contributed by atoms with Crippen LogP contribution in [-0.4, -0.2) is 6.04 Å². The van der Waals surface area contributed by atoms with Gasteiger partial charge >= 0.3 is 0 Å². The summed E-state index contributed by atoms with van der Waals surface area (Å²) < 4.78 is 0. The number of allylic oxidation sites excluding steroid dienone is 1. The summed E-state index contributed by atoms with van der Waals surface area (Å²) in [4.78, 5) is 0. The van der Waals surface area contributed by atoms with Crippen LogP contribution in [0.1, 0.15) is 24.8 Å². The lowest BCUT2D eigenvalue weighted by Gasteiger charge is -2.21. The van der Waals surface area contributed by atoms with Gasteiger partial charge in [0.25, 0.3) is 0 Å². The van der Waals surface area contributed by atoms with E-state index in [0.29, 0.717) is 17.3 Å². The fourth-order valence-corrected chi connectivity index (χ4v) is 1.91. The summed E-state index contributed by atoms with van der Waals surface area (Å²) in [6.45, 7) is 0. The Balaban J connectivity index is 2.10. The van der Waals surface area contributed by atoms with Crippen molar-refractivity contribution in [2.75, 3.05) is 11.1 Å². The number of anilines is 2. The highest BCUT2D eigenvalue weighted by Crippen LogP contribution is 2.23. The predicted octanol–water partition coefficient (Wildman–Crippen LogP) is 2.66. The molecule has 0 radical (unpaired) electrons. The molecule has 1 aromatic rings. The van der Waals surface area contributed by atoms with Crippen LogP contribution in [-0.2, 0) is 0 Å². The van der Waals surface area contributed by atoms with E-state index in [-0.39, 0.29) is 0 Å². The van der Waals surface area contributed by atoms with Gasteiger partial charge in [0.05, 0.1) is 23.0 Å². The van der Waals surface area contributed by atoms with Gasteiger partial charge in [-0.05, 0) is 37.5 Å². The van der Waals surface area contributed by atoms with Crippen LogP contribution in [0.2, 0.25) is 0 Å². The number of benzene rings is 1. The van der Waals surface area contributed by atoms with Crippen molar-refractivity contribution in [1.82, 2.24) is 0 Å². The third-order valence-corrected chi connectivity index (χ3v) is 2.81. The van der Waals surface area contributed by atoms with Gasteiger partial charge in [0.15, 0.2) is 0 Å². The van der Waals surface area contributed by atoms with Gasteiger partial charge in [0, 0.05) is 6.04 Å². The average Bonchev–Trinajstić information content (AvgIpc) is 2.33. The molecule has 0 saturated carbocycles. The fourth-order valence-electron chi connectivity index (χ4n) is 1.91. The van der Waals surface area contributed by atoms with Crippen molar-refractivity contribution < 1.29 is 0 Å². The smallest absolute Gasteiger partial charge is 0.0992 e. The molecule has 0 amide bonds. The van der Waals surface area contributed by atoms with E-state index in [1.807, 2.05) is 6.07 Å². The Hall–Kier alpha value is -1.95. The van der Waals surface area contributed by atoms with Crippen LogP contribution in [0.15, 0.2) is 30.4 Å². The number of hydrogen-bond acceptors (Lipinski definition) is 3. The first-order chi connectivity index (χ1) is 7.79. The first kappa shape index (κ1) is 10.6. The monoisotopic (exact) mass is 213 g/mol. The normalized spacial score (nSPS) is 19.1. The van der Waals surface area contributed by atoms with Crippen LogP contribution in [0.3, 0.4) is 0 Å². The highest BCUT2D eigenvalue weighted by Gasteiger charge is 2.10. The highest BCUT2D eigenvalue weighted by atomic mass is 14.9. The number of rotatable bonds is 2. The van der Waals surface area contributed by atoms with Crippen LogP contribution < -0.4 is 11.1 Å². The zero-order valence-electron chi connectivity index (χ0n) is 9.11. The maximum atomic E-state index is 8.74. The zero-order valence-corrected chi connectivity index (χ0v) is 9.11. The molecule has 0 heterocycles. The van der Waals surface area contributed by atoms with E-state index in [9.17, 15) is 0 Å². The van der Waals surface area contributed by atoms with E-state index < -0.39 is 0 Å². The quantitative estimate of drug-likeness (QED) is 0.586. The molecule has 0 saturated heterocycles. The first-order valence-electron chi connectivity index (χ1n) is 5.51. The van der Waals surface area contributed by atoms with E-state index in [2.05, 4.69) is 23.5 Å². The molecule has 3 nitrogen and oxygen atoms in total. The van der Waals surface area contributed by atoms with E-state index in [1.165, 1.54) is 0 Å². The number of hydrogen-bond donors (Lipinski definition) is 2. The number of nitriles is 1. The second kappa shape index (κ2) is 4.71. The largest absolute Gasteiger partial charge is 0.397 e. The molecule has 1 aromatic carbocycles. The molecule has 16 heavy (non-hydrogen) atoms. The van der Waals surface area contributed by atoms with Crippen LogP contribution in [0.4, 0.5) is 11.4 Å². The van der Waals surface area contributed by atoms with Crippen LogP contribution in [0.5, 0.6) is 0 Å². The fraction of sp³-hybridized carbons (Fsp3) is 0.308. The van der Waals surface area contributed by atoms with Gasteiger partial charge < -0.3 is 11.1 Å². The molecule has 2 rings (SSSR count). The van der Waals surface area contributed by atoms with E-state index in [1.54, 1.807) is 12.1 Å². The van der Waals surface area contributed by atoms with Gasteiger partial charge in [0.2, 0.25) is 0 Å². The molecule has 0 bridgehead atoms. The summed E-state index contributed by atoms with van der Waals surface area (Å²) in [5.41, 5.74) is 8.06. The standard InChI is InChI=1S/C13H15N3/c14-9-10-6-7-13(12(15)8-10)16-11-4-2-1-3-5-11/h1-2,6-8,11,16H,3-5,15H2. The van der Waals surface area contributed by atoms with Crippen molar-refractivity contribution in [3.8, 4) is 6.07 Å². The van der Waals surface area contributed by atoms with E-state index >= 15 is 0 Å². The number of nitrogens with two attached hydrogens (primary N) is 1. The van der Waals surface area contributed by atoms with E-state index in [0.717, 1.165) is 24.9 Å². The molecule has 1 aliphatic rings. The molecule has 0 aromatic heterocycles. The molecule has 0 fully saturated rings. The van der Waals surface area contributed by atoms with Crippen LogP contribution >= 0.6 is 0 Å². The SMILES string of the molecule is N#Cc1ccc(NC2CC=CCC2)c(N)c1. The average molecular weight is 213 g/mol. The molecule has 1 atom stereocenters. The van der Waals surface area contributed by atoms with Gasteiger partial charge in [-0.1, -0.05) is 12.2 Å². The number of nitrogens with one attached hydrogen (secondary N) is 1. The summed E-state index contributed by atoms with van der Waals surface area (Å²) in [5.74, 6) is 0. The lowest BCUT2D eigenvalue weighted by molar-refractivity contribution is 0.645. The lowest BCUT2D eigenvalue weighted by atomic mass is 10.0. The Morgan fingerprint density at radius 2 is 2.25 bits per heavy atom. The van der Waals surface area contributed by atoms with Crippen LogP contribution in [0, 0.1) is 11.3 Å². The summed E-state index contributed by atoms with van der Waals surface area (Å²) in [6.07, 6.45) is 7.70. The van der Waals surface area contributed by atoms with Gasteiger partial charge in [-0.2, -0.15) is 5.26 Å². The topological polar surface area (TPSA) is 61.8 Å². The summed E-state index contributed by atoms with van der Waals surface area (Å²) in [7, 11) is 0.